The lowest BCUT2D eigenvalue weighted by atomic mass is 10.1. The van der Waals surface area contributed by atoms with Crippen LogP contribution in [0.1, 0.15) is 17.2 Å². The van der Waals surface area contributed by atoms with Crippen LogP contribution in [0.2, 0.25) is 0 Å². The third-order valence-corrected chi connectivity index (χ3v) is 5.29. The fraction of sp³-hybridized carbons (Fsp3) is 0.462. The van der Waals surface area contributed by atoms with Crippen LogP contribution in [0, 0.1) is 0 Å². The molecule has 0 amide bonds. The van der Waals surface area contributed by atoms with E-state index in [1.807, 2.05) is 4.90 Å². The van der Waals surface area contributed by atoms with Gasteiger partial charge in [0.05, 0.1) is 17.6 Å². The Morgan fingerprint density at radius 2 is 1.85 bits per heavy atom. The van der Waals surface area contributed by atoms with Gasteiger partial charge in [-0.1, -0.05) is 36.5 Å². The van der Waals surface area contributed by atoms with Gasteiger partial charge in [0.2, 0.25) is 0 Å². The Morgan fingerprint density at radius 1 is 1.30 bits per heavy atom. The highest BCUT2D eigenvalue weighted by atomic mass is 32.2. The van der Waals surface area contributed by atoms with E-state index in [4.69, 9.17) is 18.0 Å². The van der Waals surface area contributed by atoms with Crippen molar-refractivity contribution in [1.82, 2.24) is 4.90 Å². The van der Waals surface area contributed by atoms with Crippen LogP contribution in [0.3, 0.4) is 0 Å². The first-order valence-electron chi connectivity index (χ1n) is 6.38. The van der Waals surface area contributed by atoms with E-state index in [-0.39, 0.29) is 11.5 Å². The van der Waals surface area contributed by atoms with Gasteiger partial charge in [0.15, 0.2) is 9.84 Å². The lowest BCUT2D eigenvalue weighted by molar-refractivity contribution is 0.118. The zero-order chi connectivity index (χ0) is 14.8. The molecular formula is C13H18N2O3S2. The van der Waals surface area contributed by atoms with E-state index in [9.17, 15) is 13.5 Å². The lowest BCUT2D eigenvalue weighted by Crippen LogP contribution is -2.42. The van der Waals surface area contributed by atoms with Crippen molar-refractivity contribution in [3.05, 3.63) is 35.4 Å². The zero-order valence-corrected chi connectivity index (χ0v) is 12.7. The number of thiocarbonyl (C=S) groups is 1. The Bertz CT molecular complexity index is 570. The van der Waals surface area contributed by atoms with E-state index < -0.39 is 15.9 Å². The SMILES string of the molecule is NC(=S)c1ccc(C(O)CN2CCS(=O)(=O)CC2)cc1. The minimum absolute atomic E-state index is 0.167. The van der Waals surface area contributed by atoms with Crippen LogP contribution in [0.15, 0.2) is 24.3 Å². The summed E-state index contributed by atoms with van der Waals surface area (Å²) in [7, 11) is -2.88. The fourth-order valence-corrected chi connectivity index (χ4v) is 3.57. The second kappa shape index (κ2) is 6.17. The number of benzene rings is 1. The molecule has 5 nitrogen and oxygen atoms in total. The van der Waals surface area contributed by atoms with Gasteiger partial charge in [0.25, 0.3) is 0 Å². The lowest BCUT2D eigenvalue weighted by Gasteiger charge is -2.28. The molecule has 1 aliphatic rings. The van der Waals surface area contributed by atoms with E-state index in [0.717, 1.165) is 11.1 Å². The number of sulfone groups is 1. The molecule has 3 N–H and O–H groups in total. The summed E-state index contributed by atoms with van der Waals surface area (Å²) in [6, 6.07) is 7.14. The predicted molar refractivity (Wildman–Crippen MR) is 82.4 cm³/mol. The van der Waals surface area contributed by atoms with Gasteiger partial charge in [-0.3, -0.25) is 4.90 Å². The normalized spacial score (nSPS) is 20.4. The van der Waals surface area contributed by atoms with Crippen molar-refractivity contribution in [3.63, 3.8) is 0 Å². The summed E-state index contributed by atoms with van der Waals surface area (Å²) in [5, 5.41) is 10.2. The predicted octanol–water partition coefficient (Wildman–Crippen LogP) is 0.0846. The average Bonchev–Trinajstić information content (AvgIpc) is 2.41. The molecule has 1 fully saturated rings. The van der Waals surface area contributed by atoms with Gasteiger partial charge in [-0.15, -0.1) is 0 Å². The van der Waals surface area contributed by atoms with Crippen molar-refractivity contribution >= 4 is 27.0 Å². The average molecular weight is 314 g/mol. The first kappa shape index (κ1) is 15.4. The van der Waals surface area contributed by atoms with Gasteiger partial charge in [-0.05, 0) is 5.56 Å². The van der Waals surface area contributed by atoms with E-state index in [1.165, 1.54) is 0 Å². The maximum absolute atomic E-state index is 11.3. The first-order valence-corrected chi connectivity index (χ1v) is 8.61. The number of nitrogens with zero attached hydrogens (tertiary/aromatic N) is 1. The van der Waals surface area contributed by atoms with Gasteiger partial charge in [0.1, 0.15) is 4.99 Å². The number of nitrogens with two attached hydrogens (primary N) is 1. The molecule has 1 heterocycles. The van der Waals surface area contributed by atoms with E-state index >= 15 is 0 Å². The Kier molecular flexibility index (Phi) is 4.74. The third-order valence-electron chi connectivity index (χ3n) is 3.45. The number of hydrogen-bond donors (Lipinski definition) is 2. The maximum atomic E-state index is 11.3. The third kappa shape index (κ3) is 3.99. The molecular weight excluding hydrogens is 296 g/mol. The topological polar surface area (TPSA) is 83.6 Å². The zero-order valence-electron chi connectivity index (χ0n) is 11.0. The first-order chi connectivity index (χ1) is 9.37. The van der Waals surface area contributed by atoms with Crippen molar-refractivity contribution < 1.29 is 13.5 Å². The summed E-state index contributed by atoms with van der Waals surface area (Å²) >= 11 is 4.87. The number of aliphatic hydroxyl groups is 1. The van der Waals surface area contributed by atoms with E-state index in [0.29, 0.717) is 24.6 Å². The molecule has 0 spiro atoms. The monoisotopic (exact) mass is 314 g/mol. The summed E-state index contributed by atoms with van der Waals surface area (Å²) in [6.07, 6.45) is -0.642. The van der Waals surface area contributed by atoms with Gasteiger partial charge >= 0.3 is 0 Å². The van der Waals surface area contributed by atoms with Crippen LogP contribution in [0.4, 0.5) is 0 Å². The van der Waals surface area contributed by atoms with Crippen LogP contribution >= 0.6 is 12.2 Å². The molecule has 1 aromatic carbocycles. The number of hydrogen-bond acceptors (Lipinski definition) is 5. The minimum Gasteiger partial charge on any atom is -0.389 e. The second-order valence-corrected chi connectivity index (χ2v) is 7.70. The number of β-amino-alcohol motifs (C(OH)–C–C–N with tert-alkyl or cyclic N) is 1. The Labute approximate surface area is 124 Å². The molecule has 2 rings (SSSR count). The molecule has 1 aliphatic heterocycles. The van der Waals surface area contributed by atoms with Crippen molar-refractivity contribution in [3.8, 4) is 0 Å². The molecule has 1 unspecified atom stereocenters. The van der Waals surface area contributed by atoms with Crippen molar-refractivity contribution in [2.24, 2.45) is 5.73 Å². The molecule has 0 aromatic heterocycles. The second-order valence-electron chi connectivity index (χ2n) is 4.95. The molecule has 20 heavy (non-hydrogen) atoms. The fourth-order valence-electron chi connectivity index (χ4n) is 2.15. The Balaban J connectivity index is 1.95. The van der Waals surface area contributed by atoms with Crippen molar-refractivity contribution in [2.45, 2.75) is 6.10 Å². The molecule has 1 saturated heterocycles. The van der Waals surface area contributed by atoms with Gasteiger partial charge < -0.3 is 10.8 Å². The highest BCUT2D eigenvalue weighted by molar-refractivity contribution is 7.91. The van der Waals surface area contributed by atoms with E-state index in [2.05, 4.69) is 0 Å². The molecule has 0 radical (unpaired) electrons. The summed E-state index contributed by atoms with van der Waals surface area (Å²) in [6.45, 7) is 1.39. The minimum atomic E-state index is -2.88. The van der Waals surface area contributed by atoms with Crippen LogP contribution < -0.4 is 5.73 Å². The molecule has 0 aliphatic carbocycles. The number of aliphatic hydroxyl groups excluding tert-OH is 1. The summed E-state index contributed by atoms with van der Waals surface area (Å²) in [5.74, 6) is 0.334. The van der Waals surface area contributed by atoms with Crippen LogP contribution in [-0.4, -0.2) is 54.6 Å². The van der Waals surface area contributed by atoms with Gasteiger partial charge in [-0.2, -0.15) is 0 Å². The standard InChI is InChI=1S/C13H18N2O3S2/c14-13(19)11-3-1-10(2-4-11)12(16)9-15-5-7-20(17,18)8-6-15/h1-4,12,16H,5-9H2,(H2,14,19). The smallest absolute Gasteiger partial charge is 0.152 e. The van der Waals surface area contributed by atoms with Gasteiger partial charge in [-0.25, -0.2) is 8.42 Å². The van der Waals surface area contributed by atoms with E-state index in [1.54, 1.807) is 24.3 Å². The van der Waals surface area contributed by atoms with Crippen molar-refractivity contribution in [1.29, 1.82) is 0 Å². The van der Waals surface area contributed by atoms with Crippen LogP contribution in [0.25, 0.3) is 0 Å². The quantitative estimate of drug-likeness (QED) is 0.766. The van der Waals surface area contributed by atoms with Gasteiger partial charge in [0, 0.05) is 25.2 Å². The largest absolute Gasteiger partial charge is 0.389 e. The van der Waals surface area contributed by atoms with Crippen molar-refractivity contribution in [2.75, 3.05) is 31.1 Å². The van der Waals surface area contributed by atoms with Crippen LogP contribution in [-0.2, 0) is 9.84 Å². The molecule has 1 aromatic rings. The highest BCUT2D eigenvalue weighted by Gasteiger charge is 2.23. The Morgan fingerprint density at radius 3 is 2.35 bits per heavy atom. The molecule has 0 bridgehead atoms. The molecule has 1 atom stereocenters. The number of rotatable bonds is 4. The summed E-state index contributed by atoms with van der Waals surface area (Å²) in [5.41, 5.74) is 7.06. The van der Waals surface area contributed by atoms with Crippen LogP contribution in [0.5, 0.6) is 0 Å². The summed E-state index contributed by atoms with van der Waals surface area (Å²) in [4.78, 5) is 2.29. The Hall–Kier alpha value is -1.02. The molecule has 110 valence electrons. The summed E-state index contributed by atoms with van der Waals surface area (Å²) < 4.78 is 22.7. The highest BCUT2D eigenvalue weighted by Crippen LogP contribution is 2.16. The maximum Gasteiger partial charge on any atom is 0.152 e. The molecule has 0 saturated carbocycles. The molecule has 7 heteroatoms.